The van der Waals surface area contributed by atoms with Crippen molar-refractivity contribution in [2.24, 2.45) is 0 Å². The fourth-order valence-electron chi connectivity index (χ4n) is 0.784. The molecule has 0 aromatic carbocycles. The minimum absolute atomic E-state index is 0.0192. The smallest absolute Gasteiger partial charge is 0.327 e. The number of esters is 1. The first-order valence-electron chi connectivity index (χ1n) is 3.77. The van der Waals surface area contributed by atoms with Gasteiger partial charge in [-0.25, -0.2) is 4.68 Å². The van der Waals surface area contributed by atoms with E-state index in [0.717, 1.165) is 0 Å². The van der Waals surface area contributed by atoms with E-state index < -0.39 is 5.97 Å². The van der Waals surface area contributed by atoms with Crippen LogP contribution >= 0.6 is 0 Å². The Morgan fingerprint density at radius 3 is 3.08 bits per heavy atom. The molecule has 0 saturated carbocycles. The zero-order chi connectivity index (χ0) is 9.68. The molecule has 0 atom stereocenters. The summed E-state index contributed by atoms with van der Waals surface area (Å²) in [5.41, 5.74) is 0.198. The van der Waals surface area contributed by atoms with Crippen molar-refractivity contribution in [3.05, 3.63) is 11.9 Å². The molecule has 0 spiro atoms. The van der Waals surface area contributed by atoms with E-state index in [0.29, 0.717) is 12.9 Å². The molecule has 0 unspecified atom stereocenters. The van der Waals surface area contributed by atoms with Gasteiger partial charge in [0, 0.05) is 0 Å². The average Bonchev–Trinajstić information content (AvgIpc) is 2.52. The van der Waals surface area contributed by atoms with E-state index in [4.69, 9.17) is 0 Å². The molecule has 1 aromatic rings. The number of hydrogen-bond acceptors (Lipinski definition) is 5. The number of ether oxygens (including phenoxy) is 1. The van der Waals surface area contributed by atoms with E-state index in [2.05, 4.69) is 15.0 Å². The molecular formula is C7H9N3O3. The maximum absolute atomic E-state index is 10.9. The van der Waals surface area contributed by atoms with E-state index in [1.54, 1.807) is 6.92 Å². The van der Waals surface area contributed by atoms with Crippen LogP contribution in [0.15, 0.2) is 6.20 Å². The Bertz CT molecular complexity index is 308. The molecule has 0 saturated heterocycles. The Balaban J connectivity index is 2.53. The minimum Gasteiger partial charge on any atom is -0.465 e. The number of hydrogen-bond donors (Lipinski definition) is 0. The number of aromatic nitrogens is 3. The molecule has 1 aromatic heterocycles. The molecule has 6 heteroatoms. The Morgan fingerprint density at radius 2 is 2.54 bits per heavy atom. The lowest BCUT2D eigenvalue weighted by molar-refractivity contribution is -0.144. The van der Waals surface area contributed by atoms with Gasteiger partial charge in [0.15, 0.2) is 6.29 Å². The third-order valence-electron chi connectivity index (χ3n) is 1.27. The van der Waals surface area contributed by atoms with Crippen molar-refractivity contribution in [3.63, 3.8) is 0 Å². The summed E-state index contributed by atoms with van der Waals surface area (Å²) >= 11 is 0. The van der Waals surface area contributed by atoms with Crippen molar-refractivity contribution in [1.29, 1.82) is 0 Å². The Labute approximate surface area is 74.5 Å². The highest BCUT2D eigenvalue weighted by Crippen LogP contribution is 1.90. The van der Waals surface area contributed by atoms with E-state index >= 15 is 0 Å². The van der Waals surface area contributed by atoms with Gasteiger partial charge < -0.3 is 4.74 Å². The van der Waals surface area contributed by atoms with Gasteiger partial charge in [-0.3, -0.25) is 9.59 Å². The van der Waals surface area contributed by atoms with Gasteiger partial charge in [0.25, 0.3) is 0 Å². The summed E-state index contributed by atoms with van der Waals surface area (Å²) in [7, 11) is 0. The lowest BCUT2D eigenvalue weighted by Gasteiger charge is -1.99. The molecule has 1 rings (SSSR count). The van der Waals surface area contributed by atoms with Gasteiger partial charge in [0.2, 0.25) is 0 Å². The predicted octanol–water partition coefficient (Wildman–Crippen LogP) is -0.346. The average molecular weight is 183 g/mol. The van der Waals surface area contributed by atoms with Gasteiger partial charge in [-0.1, -0.05) is 5.21 Å². The van der Waals surface area contributed by atoms with E-state index in [1.165, 1.54) is 10.9 Å². The van der Waals surface area contributed by atoms with Crippen LogP contribution in [-0.4, -0.2) is 33.9 Å². The first-order valence-corrected chi connectivity index (χ1v) is 3.77. The van der Waals surface area contributed by atoms with Crippen LogP contribution in [0.25, 0.3) is 0 Å². The van der Waals surface area contributed by atoms with E-state index in [9.17, 15) is 9.59 Å². The van der Waals surface area contributed by atoms with Crippen molar-refractivity contribution in [3.8, 4) is 0 Å². The van der Waals surface area contributed by atoms with Crippen molar-refractivity contribution in [1.82, 2.24) is 15.0 Å². The fraction of sp³-hybridized carbons (Fsp3) is 0.429. The third-order valence-corrected chi connectivity index (χ3v) is 1.27. The second kappa shape index (κ2) is 4.34. The SMILES string of the molecule is CCOC(=O)Cn1cc(C=O)nn1. The lowest BCUT2D eigenvalue weighted by atomic mass is 10.5. The molecule has 1 heterocycles. The maximum Gasteiger partial charge on any atom is 0.327 e. The highest BCUT2D eigenvalue weighted by molar-refractivity contribution is 5.71. The largest absolute Gasteiger partial charge is 0.465 e. The van der Waals surface area contributed by atoms with E-state index in [1.807, 2.05) is 0 Å². The van der Waals surface area contributed by atoms with Crippen LogP contribution in [0.1, 0.15) is 17.4 Å². The highest BCUT2D eigenvalue weighted by Gasteiger charge is 2.05. The van der Waals surface area contributed by atoms with Gasteiger partial charge in [-0.15, -0.1) is 5.10 Å². The minimum atomic E-state index is -0.398. The molecule has 0 aliphatic carbocycles. The van der Waals surface area contributed by atoms with Gasteiger partial charge in [-0.2, -0.15) is 0 Å². The molecule has 0 aliphatic heterocycles. The van der Waals surface area contributed by atoms with Gasteiger partial charge in [-0.05, 0) is 6.92 Å². The topological polar surface area (TPSA) is 74.1 Å². The van der Waals surface area contributed by atoms with E-state index in [-0.39, 0.29) is 12.2 Å². The molecule has 0 radical (unpaired) electrons. The Morgan fingerprint density at radius 1 is 1.77 bits per heavy atom. The molecule has 0 N–H and O–H groups in total. The zero-order valence-corrected chi connectivity index (χ0v) is 7.14. The quantitative estimate of drug-likeness (QED) is 0.471. The number of rotatable bonds is 4. The van der Waals surface area contributed by atoms with Crippen LogP contribution < -0.4 is 0 Å². The molecule has 0 aliphatic rings. The second-order valence-corrected chi connectivity index (χ2v) is 2.26. The predicted molar refractivity (Wildman–Crippen MR) is 42.0 cm³/mol. The number of carbonyl (C=O) groups excluding carboxylic acids is 2. The van der Waals surface area contributed by atoms with Crippen LogP contribution in [0.4, 0.5) is 0 Å². The number of carbonyl (C=O) groups is 2. The maximum atomic E-state index is 10.9. The summed E-state index contributed by atoms with van der Waals surface area (Å²) in [5.74, 6) is -0.398. The highest BCUT2D eigenvalue weighted by atomic mass is 16.5. The summed E-state index contributed by atoms with van der Waals surface area (Å²) in [6, 6.07) is 0. The Hall–Kier alpha value is -1.72. The number of aldehydes is 1. The summed E-state index contributed by atoms with van der Waals surface area (Å²) < 4.78 is 5.92. The molecule has 0 fully saturated rings. The summed E-state index contributed by atoms with van der Waals surface area (Å²) in [4.78, 5) is 21.1. The number of nitrogens with zero attached hydrogens (tertiary/aromatic N) is 3. The molecule has 0 bridgehead atoms. The Kier molecular flexibility index (Phi) is 3.13. The van der Waals surface area contributed by atoms with Crippen molar-refractivity contribution < 1.29 is 14.3 Å². The summed E-state index contributed by atoms with van der Waals surface area (Å²) in [6.07, 6.45) is 1.94. The lowest BCUT2D eigenvalue weighted by Crippen LogP contribution is -2.13. The molecule has 70 valence electrons. The van der Waals surface area contributed by atoms with Gasteiger partial charge >= 0.3 is 5.97 Å². The van der Waals surface area contributed by atoms with Crippen LogP contribution in [0, 0.1) is 0 Å². The van der Waals surface area contributed by atoms with Crippen LogP contribution in [0.2, 0.25) is 0 Å². The fourth-order valence-corrected chi connectivity index (χ4v) is 0.784. The first kappa shape index (κ1) is 9.37. The first-order chi connectivity index (χ1) is 6.26. The van der Waals surface area contributed by atoms with Gasteiger partial charge in [0.1, 0.15) is 12.2 Å². The molecule has 6 nitrogen and oxygen atoms in total. The molecule has 13 heavy (non-hydrogen) atoms. The molecule has 0 amide bonds. The monoisotopic (exact) mass is 183 g/mol. The summed E-state index contributed by atoms with van der Waals surface area (Å²) in [6.45, 7) is 2.03. The van der Waals surface area contributed by atoms with Crippen LogP contribution in [0.5, 0.6) is 0 Å². The second-order valence-electron chi connectivity index (χ2n) is 2.26. The van der Waals surface area contributed by atoms with Crippen molar-refractivity contribution >= 4 is 12.3 Å². The third kappa shape index (κ3) is 2.66. The molecular weight excluding hydrogens is 174 g/mol. The zero-order valence-electron chi connectivity index (χ0n) is 7.14. The standard InChI is InChI=1S/C7H9N3O3/c1-2-13-7(12)4-10-3-6(5-11)8-9-10/h3,5H,2,4H2,1H3. The normalized spacial score (nSPS) is 9.62. The van der Waals surface area contributed by atoms with Crippen molar-refractivity contribution in [2.75, 3.05) is 6.61 Å². The summed E-state index contributed by atoms with van der Waals surface area (Å²) in [5, 5.41) is 7.03. The van der Waals surface area contributed by atoms with Gasteiger partial charge in [0.05, 0.1) is 12.8 Å². The van der Waals surface area contributed by atoms with Crippen molar-refractivity contribution in [2.45, 2.75) is 13.5 Å². The van der Waals surface area contributed by atoms with Crippen LogP contribution in [-0.2, 0) is 16.1 Å². The van der Waals surface area contributed by atoms with Crippen LogP contribution in [0.3, 0.4) is 0 Å².